The first-order chi connectivity index (χ1) is 9.61. The van der Waals surface area contributed by atoms with Crippen molar-refractivity contribution in [3.05, 3.63) is 59.2 Å². The maximum absolute atomic E-state index is 9.56. The number of aliphatic hydroxyl groups excluding tert-OH is 1. The second kappa shape index (κ2) is 6.44. The number of hydrogen-bond acceptors (Lipinski definition) is 3. The summed E-state index contributed by atoms with van der Waals surface area (Å²) in [6.07, 6.45) is -0.461. The Hall–Kier alpha value is -2.00. The number of rotatable bonds is 5. The van der Waals surface area contributed by atoms with E-state index in [1.54, 1.807) is 14.0 Å². The van der Waals surface area contributed by atoms with Crippen LogP contribution in [0.15, 0.2) is 42.5 Å². The van der Waals surface area contributed by atoms with Crippen molar-refractivity contribution in [3.63, 3.8) is 0 Å². The zero-order chi connectivity index (χ0) is 14.5. The van der Waals surface area contributed by atoms with Crippen LogP contribution in [0.5, 0.6) is 11.5 Å². The van der Waals surface area contributed by atoms with Crippen molar-refractivity contribution in [1.82, 2.24) is 0 Å². The van der Waals surface area contributed by atoms with E-state index in [4.69, 9.17) is 9.47 Å². The number of aliphatic hydroxyl groups is 1. The van der Waals surface area contributed by atoms with E-state index in [1.165, 1.54) is 0 Å². The summed E-state index contributed by atoms with van der Waals surface area (Å²) in [5.74, 6) is 1.64. The summed E-state index contributed by atoms with van der Waals surface area (Å²) in [6.45, 7) is 4.19. The van der Waals surface area contributed by atoms with Gasteiger partial charge in [0.1, 0.15) is 18.1 Å². The first-order valence-corrected chi connectivity index (χ1v) is 6.65. The number of ether oxygens (including phenoxy) is 2. The molecule has 2 aromatic carbocycles. The third-order valence-electron chi connectivity index (χ3n) is 3.26. The summed E-state index contributed by atoms with van der Waals surface area (Å²) >= 11 is 0. The smallest absolute Gasteiger partial charge is 0.125 e. The standard InChI is InChI=1S/C17H20O3/c1-12-10-14(13(2)18)8-9-16(12)20-11-15-6-4-5-7-17(15)19-3/h4-10,13,18H,11H2,1-3H3/t13-/m1/s1. The third-order valence-corrected chi connectivity index (χ3v) is 3.26. The van der Waals surface area contributed by atoms with Crippen molar-refractivity contribution >= 4 is 0 Å². The molecule has 0 saturated heterocycles. The van der Waals surface area contributed by atoms with Gasteiger partial charge in [-0.15, -0.1) is 0 Å². The Bertz CT molecular complexity index is 576. The molecule has 0 bridgehead atoms. The highest BCUT2D eigenvalue weighted by Gasteiger charge is 2.07. The lowest BCUT2D eigenvalue weighted by Gasteiger charge is -2.13. The monoisotopic (exact) mass is 272 g/mol. The minimum Gasteiger partial charge on any atom is -0.496 e. The van der Waals surface area contributed by atoms with Gasteiger partial charge in [-0.25, -0.2) is 0 Å². The highest BCUT2D eigenvalue weighted by molar-refractivity contribution is 5.38. The van der Waals surface area contributed by atoms with E-state index >= 15 is 0 Å². The molecule has 0 radical (unpaired) electrons. The van der Waals surface area contributed by atoms with Crippen LogP contribution in [0.2, 0.25) is 0 Å². The van der Waals surface area contributed by atoms with E-state index in [0.717, 1.165) is 28.2 Å². The molecule has 1 atom stereocenters. The minimum absolute atomic E-state index is 0.457. The van der Waals surface area contributed by atoms with E-state index in [-0.39, 0.29) is 0 Å². The van der Waals surface area contributed by atoms with Crippen molar-refractivity contribution in [2.24, 2.45) is 0 Å². The Kier molecular flexibility index (Phi) is 4.64. The van der Waals surface area contributed by atoms with Gasteiger partial charge < -0.3 is 14.6 Å². The lowest BCUT2D eigenvalue weighted by Crippen LogP contribution is -2.00. The molecule has 0 saturated carbocycles. The van der Waals surface area contributed by atoms with Crippen LogP contribution in [0.3, 0.4) is 0 Å². The Balaban J connectivity index is 2.11. The molecule has 3 heteroatoms. The molecular weight excluding hydrogens is 252 g/mol. The maximum atomic E-state index is 9.56. The van der Waals surface area contributed by atoms with Gasteiger partial charge in [-0.05, 0) is 43.2 Å². The summed E-state index contributed by atoms with van der Waals surface area (Å²) in [6, 6.07) is 13.5. The molecule has 0 spiro atoms. The first kappa shape index (κ1) is 14.4. The number of aryl methyl sites for hydroxylation is 1. The van der Waals surface area contributed by atoms with Crippen LogP contribution < -0.4 is 9.47 Å². The molecule has 1 N–H and O–H groups in total. The molecule has 0 amide bonds. The molecule has 0 aromatic heterocycles. The first-order valence-electron chi connectivity index (χ1n) is 6.65. The maximum Gasteiger partial charge on any atom is 0.125 e. The third kappa shape index (κ3) is 3.31. The van der Waals surface area contributed by atoms with Gasteiger partial charge in [0.25, 0.3) is 0 Å². The lowest BCUT2D eigenvalue weighted by molar-refractivity contribution is 0.199. The zero-order valence-electron chi connectivity index (χ0n) is 12.1. The van der Waals surface area contributed by atoms with Gasteiger partial charge in [-0.1, -0.05) is 24.3 Å². The van der Waals surface area contributed by atoms with E-state index in [2.05, 4.69) is 0 Å². The van der Waals surface area contributed by atoms with Crippen molar-refractivity contribution in [2.45, 2.75) is 26.6 Å². The second-order valence-corrected chi connectivity index (χ2v) is 4.80. The van der Waals surface area contributed by atoms with Gasteiger partial charge in [0.2, 0.25) is 0 Å². The molecule has 2 rings (SSSR count). The molecular formula is C17H20O3. The van der Waals surface area contributed by atoms with Crippen LogP contribution in [0.25, 0.3) is 0 Å². The van der Waals surface area contributed by atoms with Crippen molar-refractivity contribution in [2.75, 3.05) is 7.11 Å². The number of benzene rings is 2. The van der Waals surface area contributed by atoms with Gasteiger partial charge in [0, 0.05) is 5.56 Å². The minimum atomic E-state index is -0.461. The van der Waals surface area contributed by atoms with Crippen LogP contribution >= 0.6 is 0 Å². The van der Waals surface area contributed by atoms with Crippen LogP contribution in [0.4, 0.5) is 0 Å². The number of para-hydroxylation sites is 1. The van der Waals surface area contributed by atoms with Crippen LogP contribution in [0.1, 0.15) is 29.7 Å². The van der Waals surface area contributed by atoms with Crippen LogP contribution in [-0.2, 0) is 6.61 Å². The van der Waals surface area contributed by atoms with E-state index in [1.807, 2.05) is 49.4 Å². The van der Waals surface area contributed by atoms with Crippen LogP contribution in [-0.4, -0.2) is 12.2 Å². The molecule has 0 aliphatic heterocycles. The zero-order valence-corrected chi connectivity index (χ0v) is 12.1. The SMILES string of the molecule is COc1ccccc1COc1ccc([C@@H](C)O)cc1C. The second-order valence-electron chi connectivity index (χ2n) is 4.80. The Morgan fingerprint density at radius 2 is 1.85 bits per heavy atom. The van der Waals surface area contributed by atoms with E-state index in [0.29, 0.717) is 6.61 Å². The van der Waals surface area contributed by atoms with E-state index < -0.39 is 6.10 Å². The highest BCUT2D eigenvalue weighted by atomic mass is 16.5. The number of methoxy groups -OCH3 is 1. The number of hydrogen-bond donors (Lipinski definition) is 1. The molecule has 106 valence electrons. The predicted molar refractivity (Wildman–Crippen MR) is 79.1 cm³/mol. The molecule has 20 heavy (non-hydrogen) atoms. The summed E-state index contributed by atoms with van der Waals surface area (Å²) < 4.78 is 11.1. The molecule has 0 heterocycles. The predicted octanol–water partition coefficient (Wildman–Crippen LogP) is 3.64. The highest BCUT2D eigenvalue weighted by Crippen LogP contribution is 2.25. The largest absolute Gasteiger partial charge is 0.496 e. The molecule has 0 unspecified atom stereocenters. The van der Waals surface area contributed by atoms with Gasteiger partial charge in [-0.2, -0.15) is 0 Å². The average molecular weight is 272 g/mol. The fourth-order valence-corrected chi connectivity index (χ4v) is 2.07. The molecule has 3 nitrogen and oxygen atoms in total. The normalized spacial score (nSPS) is 12.0. The summed E-state index contributed by atoms with van der Waals surface area (Å²) in [5, 5.41) is 9.56. The lowest BCUT2D eigenvalue weighted by atomic mass is 10.1. The molecule has 0 aliphatic rings. The van der Waals surface area contributed by atoms with E-state index in [9.17, 15) is 5.11 Å². The fourth-order valence-electron chi connectivity index (χ4n) is 2.07. The average Bonchev–Trinajstić information content (AvgIpc) is 2.46. The van der Waals surface area contributed by atoms with Gasteiger partial charge >= 0.3 is 0 Å². The van der Waals surface area contributed by atoms with Crippen molar-refractivity contribution in [3.8, 4) is 11.5 Å². The van der Waals surface area contributed by atoms with Crippen molar-refractivity contribution in [1.29, 1.82) is 0 Å². The topological polar surface area (TPSA) is 38.7 Å². The molecule has 0 fully saturated rings. The Morgan fingerprint density at radius 3 is 2.50 bits per heavy atom. The quantitative estimate of drug-likeness (QED) is 0.903. The summed E-state index contributed by atoms with van der Waals surface area (Å²) in [7, 11) is 1.65. The Morgan fingerprint density at radius 1 is 1.10 bits per heavy atom. The van der Waals surface area contributed by atoms with Gasteiger partial charge in [0.15, 0.2) is 0 Å². The fraction of sp³-hybridized carbons (Fsp3) is 0.294. The van der Waals surface area contributed by atoms with Gasteiger partial charge in [-0.3, -0.25) is 0 Å². The van der Waals surface area contributed by atoms with Gasteiger partial charge in [0.05, 0.1) is 13.2 Å². The summed E-state index contributed by atoms with van der Waals surface area (Å²) in [5.41, 5.74) is 2.92. The van der Waals surface area contributed by atoms with Crippen molar-refractivity contribution < 1.29 is 14.6 Å². The molecule has 0 aliphatic carbocycles. The molecule has 2 aromatic rings. The summed E-state index contributed by atoms with van der Waals surface area (Å²) in [4.78, 5) is 0. The Labute approximate surface area is 119 Å². The van der Waals surface area contributed by atoms with Crippen LogP contribution in [0, 0.1) is 6.92 Å².